The predicted octanol–water partition coefficient (Wildman–Crippen LogP) is 4.35. The van der Waals surface area contributed by atoms with Gasteiger partial charge in [0.25, 0.3) is 0 Å². The molecule has 2 N–H and O–H groups in total. The predicted molar refractivity (Wildman–Crippen MR) is 115 cm³/mol. The van der Waals surface area contributed by atoms with Gasteiger partial charge in [0, 0.05) is 19.0 Å². The third kappa shape index (κ3) is 4.66. The lowest BCUT2D eigenvalue weighted by Gasteiger charge is -2.26. The Kier molecular flexibility index (Phi) is 6.65. The minimum absolute atomic E-state index is 0.0204. The van der Waals surface area contributed by atoms with Crippen molar-refractivity contribution in [2.24, 2.45) is 5.92 Å². The van der Waals surface area contributed by atoms with Crippen LogP contribution in [0.15, 0.2) is 45.7 Å². The Morgan fingerprint density at radius 1 is 1.13 bits per heavy atom. The Morgan fingerprint density at radius 2 is 2.00 bits per heavy atom. The minimum Gasteiger partial charge on any atom is -0.492 e. The third-order valence-corrected chi connectivity index (χ3v) is 5.84. The van der Waals surface area contributed by atoms with Gasteiger partial charge in [-0.2, -0.15) is 0 Å². The van der Waals surface area contributed by atoms with Crippen LogP contribution in [0.25, 0.3) is 11.4 Å². The van der Waals surface area contributed by atoms with E-state index in [-0.39, 0.29) is 17.8 Å². The summed E-state index contributed by atoms with van der Waals surface area (Å²) >= 11 is 18.6. The van der Waals surface area contributed by atoms with Gasteiger partial charge < -0.3 is 14.8 Å². The van der Waals surface area contributed by atoms with Gasteiger partial charge in [0.2, 0.25) is 0 Å². The van der Waals surface area contributed by atoms with Crippen LogP contribution in [0.2, 0.25) is 15.1 Å². The second-order valence-electron chi connectivity index (χ2n) is 6.80. The summed E-state index contributed by atoms with van der Waals surface area (Å²) in [5.41, 5.74) is 1.38. The number of nitrogens with one attached hydrogen (secondary N) is 2. The van der Waals surface area contributed by atoms with E-state index in [4.69, 9.17) is 44.3 Å². The van der Waals surface area contributed by atoms with Crippen molar-refractivity contribution >= 4 is 34.8 Å². The first-order valence-corrected chi connectivity index (χ1v) is 10.4. The number of hydrogen-bond donors (Lipinski definition) is 2. The average molecular weight is 471 g/mol. The van der Waals surface area contributed by atoms with Crippen LogP contribution in [0.5, 0.6) is 5.75 Å². The number of aromatic amines is 1. The number of ether oxygens (including phenoxy) is 2. The number of hydrogen-bond acceptors (Lipinski definition) is 6. The minimum atomic E-state index is -0.670. The largest absolute Gasteiger partial charge is 0.492 e. The first-order valence-electron chi connectivity index (χ1n) is 9.28. The standard InChI is InChI=1S/C20H18Cl3N3O4/c21-13-5-4-11(8-15(13)23)18-12(9-24-6-7-28-18)10-29-16-3-1-2-14(22)17(16)19-25-20(27)30-26-19/h1-5,8,12,18,24H,6-7,9-10H2,(H,25,26,27)/t12-,18-/m0/s1. The molecule has 0 amide bonds. The summed E-state index contributed by atoms with van der Waals surface area (Å²) in [5, 5.41) is 8.43. The molecule has 1 fully saturated rings. The molecule has 10 heteroatoms. The van der Waals surface area contributed by atoms with Gasteiger partial charge in [-0.05, 0) is 29.8 Å². The zero-order valence-corrected chi connectivity index (χ0v) is 17.9. The smallest absolute Gasteiger partial charge is 0.439 e. The molecule has 2 aromatic carbocycles. The maximum Gasteiger partial charge on any atom is 0.439 e. The van der Waals surface area contributed by atoms with Gasteiger partial charge in [-0.15, -0.1) is 0 Å². The quantitative estimate of drug-likeness (QED) is 0.576. The number of H-pyrrole nitrogens is 1. The van der Waals surface area contributed by atoms with E-state index in [0.717, 1.165) is 12.1 Å². The molecular weight excluding hydrogens is 453 g/mol. The summed E-state index contributed by atoms with van der Waals surface area (Å²) < 4.78 is 16.8. The Labute approximate surface area is 187 Å². The summed E-state index contributed by atoms with van der Waals surface area (Å²) in [4.78, 5) is 13.9. The highest BCUT2D eigenvalue weighted by atomic mass is 35.5. The van der Waals surface area contributed by atoms with Crippen molar-refractivity contribution in [3.8, 4) is 17.1 Å². The van der Waals surface area contributed by atoms with Crippen LogP contribution in [-0.2, 0) is 4.74 Å². The summed E-state index contributed by atoms with van der Waals surface area (Å²) in [6.45, 7) is 2.30. The Balaban J connectivity index is 1.59. The second-order valence-corrected chi connectivity index (χ2v) is 8.02. The van der Waals surface area contributed by atoms with E-state index in [0.29, 0.717) is 46.1 Å². The summed E-state index contributed by atoms with van der Waals surface area (Å²) in [6.07, 6.45) is -0.232. The fraction of sp³-hybridized carbons (Fsp3) is 0.300. The van der Waals surface area contributed by atoms with Crippen molar-refractivity contribution in [3.63, 3.8) is 0 Å². The second kappa shape index (κ2) is 9.41. The van der Waals surface area contributed by atoms with Crippen LogP contribution in [0.3, 0.4) is 0 Å². The number of rotatable bonds is 5. The van der Waals surface area contributed by atoms with E-state index in [2.05, 4.69) is 20.0 Å². The van der Waals surface area contributed by atoms with Crippen molar-refractivity contribution < 1.29 is 14.0 Å². The molecule has 2 heterocycles. The lowest BCUT2D eigenvalue weighted by atomic mass is 9.96. The number of nitrogens with zero attached hydrogens (tertiary/aromatic N) is 1. The molecule has 2 atom stereocenters. The molecule has 0 spiro atoms. The Morgan fingerprint density at radius 3 is 2.77 bits per heavy atom. The van der Waals surface area contributed by atoms with Crippen molar-refractivity contribution in [2.75, 3.05) is 26.3 Å². The maximum absolute atomic E-state index is 11.4. The summed E-state index contributed by atoms with van der Waals surface area (Å²) in [5.74, 6) is -0.00842. The maximum atomic E-state index is 11.4. The van der Waals surface area contributed by atoms with Gasteiger partial charge in [-0.3, -0.25) is 9.51 Å². The van der Waals surface area contributed by atoms with Crippen molar-refractivity contribution in [1.29, 1.82) is 0 Å². The van der Waals surface area contributed by atoms with E-state index >= 15 is 0 Å². The normalized spacial score (nSPS) is 19.4. The van der Waals surface area contributed by atoms with Gasteiger partial charge in [0.05, 0.1) is 39.9 Å². The van der Waals surface area contributed by atoms with E-state index in [1.807, 2.05) is 12.1 Å². The zero-order chi connectivity index (χ0) is 21.1. The zero-order valence-electron chi connectivity index (χ0n) is 15.7. The topological polar surface area (TPSA) is 89.4 Å². The van der Waals surface area contributed by atoms with Crippen LogP contribution < -0.4 is 15.8 Å². The Bertz CT molecular complexity index is 1090. The SMILES string of the molecule is O=c1[nH]c(-c2c(Cl)cccc2OC[C@@H]2CNCCO[C@H]2c2ccc(Cl)c(Cl)c2)no1. The highest BCUT2D eigenvalue weighted by molar-refractivity contribution is 6.42. The molecular formula is C20H18Cl3N3O4. The van der Waals surface area contributed by atoms with Gasteiger partial charge >= 0.3 is 5.76 Å². The molecule has 158 valence electrons. The molecule has 0 saturated carbocycles. The van der Waals surface area contributed by atoms with Crippen LogP contribution >= 0.6 is 34.8 Å². The summed E-state index contributed by atoms with van der Waals surface area (Å²) in [7, 11) is 0. The number of halogens is 3. The fourth-order valence-corrected chi connectivity index (χ4v) is 3.94. The lowest BCUT2D eigenvalue weighted by Crippen LogP contribution is -2.29. The molecule has 4 rings (SSSR count). The van der Waals surface area contributed by atoms with Gasteiger partial charge in [0.1, 0.15) is 5.75 Å². The lowest BCUT2D eigenvalue weighted by molar-refractivity contribution is 0.0154. The van der Waals surface area contributed by atoms with Gasteiger partial charge in [-0.25, -0.2) is 4.79 Å². The third-order valence-electron chi connectivity index (χ3n) is 4.79. The molecule has 0 radical (unpaired) electrons. The Hall–Kier alpha value is -2.03. The molecule has 1 aliphatic heterocycles. The number of aromatic nitrogens is 2. The van der Waals surface area contributed by atoms with Gasteiger partial charge in [-0.1, -0.05) is 52.1 Å². The highest BCUT2D eigenvalue weighted by Gasteiger charge is 2.28. The van der Waals surface area contributed by atoms with Crippen molar-refractivity contribution in [2.45, 2.75) is 6.10 Å². The van der Waals surface area contributed by atoms with E-state index < -0.39 is 5.76 Å². The highest BCUT2D eigenvalue weighted by Crippen LogP contribution is 2.36. The molecule has 3 aromatic rings. The fourth-order valence-electron chi connectivity index (χ4n) is 3.38. The molecule has 0 aliphatic carbocycles. The van der Waals surface area contributed by atoms with Crippen molar-refractivity contribution in [1.82, 2.24) is 15.5 Å². The monoisotopic (exact) mass is 469 g/mol. The first kappa shape index (κ1) is 21.2. The van der Waals surface area contributed by atoms with Crippen LogP contribution in [0, 0.1) is 5.92 Å². The van der Waals surface area contributed by atoms with E-state index in [9.17, 15) is 4.79 Å². The molecule has 0 bridgehead atoms. The molecule has 1 saturated heterocycles. The van der Waals surface area contributed by atoms with Crippen molar-refractivity contribution in [3.05, 3.63) is 67.6 Å². The molecule has 1 aromatic heterocycles. The molecule has 0 unspecified atom stereocenters. The van der Waals surface area contributed by atoms with Crippen LogP contribution in [0.4, 0.5) is 0 Å². The first-order chi connectivity index (χ1) is 14.5. The van der Waals surface area contributed by atoms with Crippen LogP contribution in [-0.4, -0.2) is 36.4 Å². The molecule has 7 nitrogen and oxygen atoms in total. The number of benzene rings is 2. The van der Waals surface area contributed by atoms with E-state index in [1.54, 1.807) is 24.3 Å². The molecule has 1 aliphatic rings. The average Bonchev–Trinajstić information content (AvgIpc) is 3.01. The van der Waals surface area contributed by atoms with Gasteiger partial charge in [0.15, 0.2) is 5.82 Å². The van der Waals surface area contributed by atoms with Crippen LogP contribution in [0.1, 0.15) is 11.7 Å². The van der Waals surface area contributed by atoms with E-state index in [1.165, 1.54) is 0 Å². The molecule has 30 heavy (non-hydrogen) atoms. The summed E-state index contributed by atoms with van der Waals surface area (Å²) in [6, 6.07) is 10.7.